The second-order valence-corrected chi connectivity index (χ2v) is 13.0. The van der Waals surface area contributed by atoms with Crippen LogP contribution in [0.1, 0.15) is 62.8 Å². The number of allylic oxidation sites excluding steroid dienone is 1. The number of likely N-dealkylation sites (N-methyl/N-ethyl adjacent to an activating group) is 1. The first-order valence-corrected chi connectivity index (χ1v) is 15.6. The minimum Gasteiger partial charge on any atom is -0.485 e. The van der Waals surface area contributed by atoms with Gasteiger partial charge in [-0.25, -0.2) is 0 Å². The molecule has 5 rings (SSSR count). The van der Waals surface area contributed by atoms with Crippen LogP contribution in [0.25, 0.3) is 0 Å². The van der Waals surface area contributed by atoms with Crippen LogP contribution in [0.2, 0.25) is 0 Å². The van der Waals surface area contributed by atoms with Crippen LogP contribution >= 0.6 is 0 Å². The molecule has 0 saturated carbocycles. The van der Waals surface area contributed by atoms with Crippen molar-refractivity contribution in [3.05, 3.63) is 46.2 Å². The fourth-order valence-corrected chi connectivity index (χ4v) is 6.35. The smallest absolute Gasteiger partial charge is 0.266 e. The second-order valence-electron chi connectivity index (χ2n) is 13.0. The summed E-state index contributed by atoms with van der Waals surface area (Å²) < 4.78 is 23.5. The SMILES string of the molecule is COc1nc(NCCCN2CCN(C)CC2)nc(OC)c1NC(=O)C1CC=C(Cc2cc3c(cc2C)C(C)(C)OC3(C)C)O1. The molecule has 1 aromatic carbocycles. The number of aromatic nitrogens is 2. The van der Waals surface area contributed by atoms with Gasteiger partial charge in [0.1, 0.15) is 0 Å². The van der Waals surface area contributed by atoms with Gasteiger partial charge in [-0.3, -0.25) is 4.79 Å². The van der Waals surface area contributed by atoms with Crippen molar-refractivity contribution in [1.82, 2.24) is 19.8 Å². The Kier molecular flexibility index (Phi) is 9.38. The molecule has 4 heterocycles. The minimum absolute atomic E-state index is 0.222. The van der Waals surface area contributed by atoms with Crippen molar-refractivity contribution in [2.45, 2.75) is 71.2 Å². The summed E-state index contributed by atoms with van der Waals surface area (Å²) in [5.74, 6) is 1.29. The lowest BCUT2D eigenvalue weighted by atomic mass is 9.86. The Labute approximate surface area is 261 Å². The summed E-state index contributed by atoms with van der Waals surface area (Å²) in [7, 11) is 5.17. The zero-order valence-electron chi connectivity index (χ0n) is 27.5. The lowest BCUT2D eigenvalue weighted by Gasteiger charge is -2.32. The summed E-state index contributed by atoms with van der Waals surface area (Å²) in [5.41, 5.74) is 4.33. The van der Waals surface area contributed by atoms with E-state index >= 15 is 0 Å². The van der Waals surface area contributed by atoms with E-state index in [0.717, 1.165) is 50.5 Å². The summed E-state index contributed by atoms with van der Waals surface area (Å²) in [5, 5.41) is 6.15. The number of nitrogens with zero attached hydrogens (tertiary/aromatic N) is 4. The lowest BCUT2D eigenvalue weighted by molar-refractivity contribution is -0.124. The van der Waals surface area contributed by atoms with Crippen molar-refractivity contribution < 1.29 is 23.7 Å². The molecular weight excluding hydrogens is 560 g/mol. The number of hydrogen-bond donors (Lipinski definition) is 2. The van der Waals surface area contributed by atoms with Crippen molar-refractivity contribution in [2.24, 2.45) is 0 Å². The maximum absolute atomic E-state index is 13.3. The highest BCUT2D eigenvalue weighted by Crippen LogP contribution is 2.47. The molecule has 1 amide bonds. The Morgan fingerprint density at radius 1 is 1.02 bits per heavy atom. The summed E-state index contributed by atoms with van der Waals surface area (Å²) in [6.45, 7) is 16.6. The molecule has 0 radical (unpaired) electrons. The Balaban J connectivity index is 1.18. The van der Waals surface area contributed by atoms with Gasteiger partial charge in [0.25, 0.3) is 5.91 Å². The molecule has 1 fully saturated rings. The van der Waals surface area contributed by atoms with Gasteiger partial charge in [-0.1, -0.05) is 12.1 Å². The van der Waals surface area contributed by atoms with Crippen LogP contribution in [0.15, 0.2) is 24.0 Å². The number of ether oxygens (including phenoxy) is 4. The molecule has 0 aliphatic carbocycles. The number of piperazine rings is 1. The van der Waals surface area contributed by atoms with Gasteiger partial charge >= 0.3 is 0 Å². The van der Waals surface area contributed by atoms with Crippen LogP contribution in [-0.4, -0.2) is 92.3 Å². The molecule has 1 saturated heterocycles. The Morgan fingerprint density at radius 2 is 1.66 bits per heavy atom. The first kappa shape index (κ1) is 32.0. The van der Waals surface area contributed by atoms with Crippen LogP contribution in [0, 0.1) is 6.92 Å². The zero-order chi connectivity index (χ0) is 31.6. The van der Waals surface area contributed by atoms with E-state index < -0.39 is 6.10 Å². The minimum atomic E-state index is -0.680. The van der Waals surface area contributed by atoms with E-state index in [-0.39, 0.29) is 34.6 Å². The predicted molar refractivity (Wildman–Crippen MR) is 170 cm³/mol. The van der Waals surface area contributed by atoms with Crippen molar-refractivity contribution >= 4 is 17.5 Å². The van der Waals surface area contributed by atoms with Crippen LogP contribution in [0.4, 0.5) is 11.6 Å². The molecule has 1 unspecified atom stereocenters. The van der Waals surface area contributed by atoms with Crippen molar-refractivity contribution in [3.63, 3.8) is 0 Å². The summed E-state index contributed by atoms with van der Waals surface area (Å²) in [6, 6.07) is 4.45. The maximum Gasteiger partial charge on any atom is 0.266 e. The number of anilines is 2. The topological polar surface area (TPSA) is 110 Å². The average molecular weight is 609 g/mol. The number of fused-ring (bicyclic) bond motifs is 1. The molecule has 0 spiro atoms. The van der Waals surface area contributed by atoms with E-state index in [0.29, 0.717) is 25.3 Å². The van der Waals surface area contributed by atoms with Gasteiger partial charge in [0.2, 0.25) is 17.7 Å². The molecular formula is C33H48N6O5. The first-order chi connectivity index (χ1) is 20.9. The molecule has 2 aromatic rings. The van der Waals surface area contributed by atoms with Gasteiger partial charge in [0, 0.05) is 45.6 Å². The van der Waals surface area contributed by atoms with Crippen LogP contribution < -0.4 is 20.1 Å². The quantitative estimate of drug-likeness (QED) is 0.360. The number of amides is 1. The molecule has 11 heteroatoms. The van der Waals surface area contributed by atoms with Gasteiger partial charge in [-0.15, -0.1) is 0 Å². The van der Waals surface area contributed by atoms with E-state index in [1.165, 1.54) is 30.9 Å². The molecule has 3 aliphatic rings. The fourth-order valence-electron chi connectivity index (χ4n) is 6.35. The number of methoxy groups -OCH3 is 2. The third-order valence-electron chi connectivity index (χ3n) is 8.80. The third-order valence-corrected chi connectivity index (χ3v) is 8.80. The van der Waals surface area contributed by atoms with E-state index in [1.54, 1.807) is 0 Å². The highest BCUT2D eigenvalue weighted by atomic mass is 16.5. The number of carbonyl (C=O) groups is 1. The Hall–Kier alpha value is -3.41. The van der Waals surface area contributed by atoms with E-state index in [2.05, 4.69) is 84.2 Å². The second kappa shape index (κ2) is 12.9. The maximum atomic E-state index is 13.3. The molecule has 1 atom stereocenters. The van der Waals surface area contributed by atoms with Gasteiger partial charge < -0.3 is 39.4 Å². The van der Waals surface area contributed by atoms with Crippen molar-refractivity contribution in [1.29, 1.82) is 0 Å². The average Bonchev–Trinajstić information content (AvgIpc) is 3.51. The number of carbonyl (C=O) groups excluding carboxylic acids is 1. The van der Waals surface area contributed by atoms with E-state index in [4.69, 9.17) is 18.9 Å². The van der Waals surface area contributed by atoms with Crippen molar-refractivity contribution in [3.8, 4) is 11.8 Å². The van der Waals surface area contributed by atoms with Gasteiger partial charge in [-0.05, 0) is 83.0 Å². The summed E-state index contributed by atoms with van der Waals surface area (Å²) in [6.07, 6.45) is 3.33. The monoisotopic (exact) mass is 608 g/mol. The Bertz CT molecular complexity index is 1370. The lowest BCUT2D eigenvalue weighted by Crippen LogP contribution is -2.44. The Morgan fingerprint density at radius 3 is 2.30 bits per heavy atom. The molecule has 1 aromatic heterocycles. The molecule has 3 aliphatic heterocycles. The number of nitrogens with one attached hydrogen (secondary N) is 2. The van der Waals surface area contributed by atoms with Crippen LogP contribution in [0.5, 0.6) is 11.8 Å². The molecule has 240 valence electrons. The van der Waals surface area contributed by atoms with Crippen LogP contribution in [-0.2, 0) is 31.9 Å². The summed E-state index contributed by atoms with van der Waals surface area (Å²) >= 11 is 0. The normalized spacial score (nSPS) is 20.9. The van der Waals surface area contributed by atoms with Gasteiger partial charge in [-0.2, -0.15) is 9.97 Å². The van der Waals surface area contributed by atoms with E-state index in [1.807, 2.05) is 6.08 Å². The summed E-state index contributed by atoms with van der Waals surface area (Å²) in [4.78, 5) is 27.1. The predicted octanol–water partition coefficient (Wildman–Crippen LogP) is 4.21. The zero-order valence-corrected chi connectivity index (χ0v) is 27.5. The number of benzene rings is 1. The number of hydrogen-bond acceptors (Lipinski definition) is 10. The van der Waals surface area contributed by atoms with Crippen molar-refractivity contribution in [2.75, 3.05) is 71.2 Å². The van der Waals surface area contributed by atoms with Crippen LogP contribution in [0.3, 0.4) is 0 Å². The standard InChI is InChI=1S/C33H48N6O5/c1-21-18-24-25(33(4,5)44-32(24,2)3)20-22(21)19-23-10-11-26(43-23)28(40)35-27-29(41-7)36-31(37-30(27)42-8)34-12-9-13-39-16-14-38(6)15-17-39/h10,18,20,26H,9,11-17,19H2,1-8H3,(H,35,40)(H,34,36,37). The van der Waals surface area contributed by atoms with E-state index in [9.17, 15) is 4.79 Å². The number of aryl methyl sites for hydroxylation is 1. The fraction of sp³-hybridized carbons (Fsp3) is 0.606. The molecule has 44 heavy (non-hydrogen) atoms. The third kappa shape index (κ3) is 6.95. The molecule has 11 nitrogen and oxygen atoms in total. The molecule has 2 N–H and O–H groups in total. The molecule has 0 bridgehead atoms. The van der Waals surface area contributed by atoms with Gasteiger partial charge in [0.05, 0.1) is 31.2 Å². The highest BCUT2D eigenvalue weighted by molar-refractivity contribution is 5.97. The van der Waals surface area contributed by atoms with Gasteiger partial charge in [0.15, 0.2) is 11.8 Å². The first-order valence-electron chi connectivity index (χ1n) is 15.6. The highest BCUT2D eigenvalue weighted by Gasteiger charge is 2.43. The largest absolute Gasteiger partial charge is 0.485 e. The number of rotatable bonds is 11.